The van der Waals surface area contributed by atoms with Gasteiger partial charge in [0.25, 0.3) is 0 Å². The number of ether oxygens (including phenoxy) is 1. The van der Waals surface area contributed by atoms with Gasteiger partial charge in [0.2, 0.25) is 0 Å². The molecule has 2 N–H and O–H groups in total. The molecule has 0 aromatic carbocycles. The van der Waals surface area contributed by atoms with E-state index in [-0.39, 0.29) is 18.6 Å². The molecule has 1 saturated heterocycles. The van der Waals surface area contributed by atoms with Crippen LogP contribution < -0.4 is 5.32 Å². The zero-order valence-corrected chi connectivity index (χ0v) is 10.4. The van der Waals surface area contributed by atoms with Crippen molar-refractivity contribution >= 4 is 18.1 Å². The highest BCUT2D eigenvalue weighted by Crippen LogP contribution is 2.11. The molecule has 1 heterocycles. The number of carbonyl (C=O) groups is 3. The van der Waals surface area contributed by atoms with Crippen LogP contribution in [-0.2, 0) is 9.53 Å². The van der Waals surface area contributed by atoms with Crippen LogP contribution in [0.3, 0.4) is 0 Å². The molecule has 102 valence electrons. The predicted molar refractivity (Wildman–Crippen MR) is 61.2 cm³/mol. The molecule has 8 heteroatoms. The van der Waals surface area contributed by atoms with Gasteiger partial charge in [-0.2, -0.15) is 0 Å². The highest BCUT2D eigenvalue weighted by Gasteiger charge is 2.29. The predicted octanol–water partition coefficient (Wildman–Crippen LogP) is -0.447. The van der Waals surface area contributed by atoms with Gasteiger partial charge in [0.1, 0.15) is 6.54 Å². The van der Waals surface area contributed by atoms with E-state index in [9.17, 15) is 14.4 Å². The van der Waals surface area contributed by atoms with Crippen LogP contribution in [-0.4, -0.2) is 72.8 Å². The SMILES string of the molecule is COC(=O)NC1CCN(C(=O)N(C)CC(=O)O)C1. The Morgan fingerprint density at radius 3 is 2.72 bits per heavy atom. The van der Waals surface area contributed by atoms with Gasteiger partial charge in [-0.05, 0) is 6.42 Å². The number of amides is 3. The molecule has 1 aliphatic rings. The molecule has 1 rings (SSSR count). The maximum Gasteiger partial charge on any atom is 0.407 e. The van der Waals surface area contributed by atoms with Gasteiger partial charge in [0, 0.05) is 20.1 Å². The van der Waals surface area contributed by atoms with Crippen LogP contribution >= 0.6 is 0 Å². The van der Waals surface area contributed by atoms with Crippen molar-refractivity contribution < 1.29 is 24.2 Å². The summed E-state index contributed by atoms with van der Waals surface area (Å²) in [4.78, 5) is 35.9. The zero-order chi connectivity index (χ0) is 13.7. The fraction of sp³-hybridized carbons (Fsp3) is 0.700. The third-order valence-corrected chi connectivity index (χ3v) is 2.67. The lowest BCUT2D eigenvalue weighted by Gasteiger charge is -2.23. The van der Waals surface area contributed by atoms with Gasteiger partial charge in [-0.25, -0.2) is 9.59 Å². The maximum atomic E-state index is 11.8. The largest absolute Gasteiger partial charge is 0.480 e. The molecule has 1 aliphatic heterocycles. The van der Waals surface area contributed by atoms with Crippen molar-refractivity contribution in [3.05, 3.63) is 0 Å². The fourth-order valence-corrected chi connectivity index (χ4v) is 1.79. The number of hydrogen-bond acceptors (Lipinski definition) is 4. The number of aliphatic carboxylic acids is 1. The van der Waals surface area contributed by atoms with E-state index in [4.69, 9.17) is 5.11 Å². The van der Waals surface area contributed by atoms with Crippen LogP contribution in [0.4, 0.5) is 9.59 Å². The van der Waals surface area contributed by atoms with E-state index in [1.807, 2.05) is 0 Å². The zero-order valence-electron chi connectivity index (χ0n) is 10.4. The third-order valence-electron chi connectivity index (χ3n) is 2.67. The molecular weight excluding hydrogens is 242 g/mol. The number of carbonyl (C=O) groups excluding carboxylic acids is 2. The van der Waals surface area contributed by atoms with Gasteiger partial charge < -0.3 is 25.0 Å². The van der Waals surface area contributed by atoms with Gasteiger partial charge in [-0.3, -0.25) is 4.79 Å². The maximum absolute atomic E-state index is 11.8. The summed E-state index contributed by atoms with van der Waals surface area (Å²) in [7, 11) is 2.70. The standard InChI is InChI=1S/C10H17N3O5/c1-12(6-8(14)15)10(17)13-4-3-7(5-13)11-9(16)18-2/h7H,3-6H2,1-2H3,(H,11,16)(H,14,15). The smallest absolute Gasteiger partial charge is 0.407 e. The van der Waals surface area contributed by atoms with Gasteiger partial charge in [0.15, 0.2) is 0 Å². The molecular formula is C10H17N3O5. The van der Waals surface area contributed by atoms with Crippen LogP contribution in [0.5, 0.6) is 0 Å². The Kier molecular flexibility index (Phi) is 4.75. The van der Waals surface area contributed by atoms with Crippen LogP contribution in [0.25, 0.3) is 0 Å². The fourth-order valence-electron chi connectivity index (χ4n) is 1.79. The summed E-state index contributed by atoms with van der Waals surface area (Å²) >= 11 is 0. The summed E-state index contributed by atoms with van der Waals surface area (Å²) in [5.41, 5.74) is 0. The quantitative estimate of drug-likeness (QED) is 0.715. The summed E-state index contributed by atoms with van der Waals surface area (Å²) in [6, 6.07) is -0.508. The second-order valence-corrected chi connectivity index (χ2v) is 4.10. The molecule has 1 atom stereocenters. The molecule has 3 amide bonds. The van der Waals surface area contributed by atoms with E-state index in [0.29, 0.717) is 19.5 Å². The first-order valence-corrected chi connectivity index (χ1v) is 5.50. The molecule has 0 aromatic rings. The molecule has 0 spiro atoms. The molecule has 8 nitrogen and oxygen atoms in total. The molecule has 0 saturated carbocycles. The minimum absolute atomic E-state index is 0.153. The van der Waals surface area contributed by atoms with Crippen molar-refractivity contribution in [2.75, 3.05) is 33.8 Å². The van der Waals surface area contributed by atoms with E-state index < -0.39 is 12.1 Å². The average Bonchev–Trinajstić information content (AvgIpc) is 2.75. The number of likely N-dealkylation sites (N-methyl/N-ethyl adjacent to an activating group) is 1. The lowest BCUT2D eigenvalue weighted by molar-refractivity contribution is -0.137. The van der Waals surface area contributed by atoms with Crippen LogP contribution in [0, 0.1) is 0 Å². The highest BCUT2D eigenvalue weighted by atomic mass is 16.5. The first-order chi connectivity index (χ1) is 8.43. The van der Waals surface area contributed by atoms with Gasteiger partial charge in [-0.15, -0.1) is 0 Å². The molecule has 0 aliphatic carbocycles. The van der Waals surface area contributed by atoms with Crippen LogP contribution in [0.2, 0.25) is 0 Å². The number of methoxy groups -OCH3 is 1. The summed E-state index contributed by atoms with van der Waals surface area (Å²) in [6.45, 7) is 0.500. The summed E-state index contributed by atoms with van der Waals surface area (Å²) in [5.74, 6) is -1.06. The minimum atomic E-state index is -1.06. The minimum Gasteiger partial charge on any atom is -0.480 e. The number of nitrogens with zero attached hydrogens (tertiary/aromatic N) is 2. The third kappa shape index (κ3) is 3.79. The van der Waals surface area contributed by atoms with Crippen molar-refractivity contribution in [1.29, 1.82) is 0 Å². The number of urea groups is 1. The summed E-state index contributed by atoms with van der Waals surface area (Å²) in [5, 5.41) is 11.2. The Bertz CT molecular complexity index is 346. The number of carboxylic acids is 1. The van der Waals surface area contributed by atoms with E-state index >= 15 is 0 Å². The Labute approximate surface area is 104 Å². The monoisotopic (exact) mass is 259 g/mol. The van der Waals surface area contributed by atoms with Gasteiger partial charge in [-0.1, -0.05) is 0 Å². The Morgan fingerprint density at radius 1 is 1.50 bits per heavy atom. The Balaban J connectivity index is 2.43. The lowest BCUT2D eigenvalue weighted by atomic mass is 10.3. The highest BCUT2D eigenvalue weighted by molar-refractivity contribution is 5.80. The summed E-state index contributed by atoms with van der Waals surface area (Å²) < 4.78 is 4.47. The van der Waals surface area contributed by atoms with E-state index in [0.717, 1.165) is 4.90 Å². The molecule has 0 radical (unpaired) electrons. The molecule has 1 fully saturated rings. The van der Waals surface area contributed by atoms with Crippen LogP contribution in [0.15, 0.2) is 0 Å². The van der Waals surface area contributed by atoms with Crippen molar-refractivity contribution in [3.63, 3.8) is 0 Å². The molecule has 0 bridgehead atoms. The second-order valence-electron chi connectivity index (χ2n) is 4.10. The lowest BCUT2D eigenvalue weighted by Crippen LogP contribution is -2.44. The average molecular weight is 259 g/mol. The molecule has 1 unspecified atom stereocenters. The van der Waals surface area contributed by atoms with Crippen molar-refractivity contribution in [3.8, 4) is 0 Å². The number of carboxylic acid groups (broad SMARTS) is 1. The normalized spacial score (nSPS) is 18.3. The molecule has 0 aromatic heterocycles. The van der Waals surface area contributed by atoms with E-state index in [1.165, 1.54) is 19.1 Å². The van der Waals surface area contributed by atoms with Crippen molar-refractivity contribution in [1.82, 2.24) is 15.1 Å². The first kappa shape index (κ1) is 14.1. The van der Waals surface area contributed by atoms with Crippen molar-refractivity contribution in [2.45, 2.75) is 12.5 Å². The van der Waals surface area contributed by atoms with E-state index in [1.54, 1.807) is 0 Å². The number of likely N-dealkylation sites (tertiary alicyclic amines) is 1. The van der Waals surface area contributed by atoms with Gasteiger partial charge >= 0.3 is 18.1 Å². The Morgan fingerprint density at radius 2 is 2.17 bits per heavy atom. The Hall–Kier alpha value is -1.99. The number of hydrogen-bond donors (Lipinski definition) is 2. The molecule has 18 heavy (non-hydrogen) atoms. The number of nitrogens with one attached hydrogen (secondary N) is 1. The first-order valence-electron chi connectivity index (χ1n) is 5.50. The van der Waals surface area contributed by atoms with Crippen LogP contribution in [0.1, 0.15) is 6.42 Å². The van der Waals surface area contributed by atoms with Crippen molar-refractivity contribution in [2.24, 2.45) is 0 Å². The van der Waals surface area contributed by atoms with E-state index in [2.05, 4.69) is 10.1 Å². The van der Waals surface area contributed by atoms with Gasteiger partial charge in [0.05, 0.1) is 13.2 Å². The number of alkyl carbamates (subject to hydrolysis) is 1. The summed E-state index contributed by atoms with van der Waals surface area (Å²) in [6.07, 6.45) is 0.0927. The topological polar surface area (TPSA) is 99.2 Å². The second kappa shape index (κ2) is 6.08. The number of rotatable bonds is 3.